The van der Waals surface area contributed by atoms with Crippen molar-refractivity contribution in [3.05, 3.63) is 29.6 Å². The average Bonchev–Trinajstić information content (AvgIpc) is 2.49. The van der Waals surface area contributed by atoms with Crippen LogP contribution >= 0.6 is 0 Å². The summed E-state index contributed by atoms with van der Waals surface area (Å²) in [6, 6.07) is 4.02. The second-order valence-electron chi connectivity index (χ2n) is 5.68. The molecule has 0 unspecified atom stereocenters. The lowest BCUT2D eigenvalue weighted by atomic mass is 9.74. The van der Waals surface area contributed by atoms with Gasteiger partial charge in [0.1, 0.15) is 0 Å². The molecule has 0 aromatic carbocycles. The fourth-order valence-corrected chi connectivity index (χ4v) is 3.04. The van der Waals surface area contributed by atoms with Crippen LogP contribution in [0.3, 0.4) is 0 Å². The van der Waals surface area contributed by atoms with E-state index in [1.54, 1.807) is 6.20 Å². The van der Waals surface area contributed by atoms with Gasteiger partial charge in [-0.15, -0.1) is 0 Å². The molecule has 1 saturated carbocycles. The number of pyridine rings is 1. The molecular formula is C16H24N2O2. The SMILES string of the molecule is COC(=O)C1(CNCc2cccnc2C)CCCCC1. The zero-order chi connectivity index (χ0) is 14.4. The third-order valence-electron chi connectivity index (χ3n) is 4.32. The first-order valence-electron chi connectivity index (χ1n) is 7.37. The number of carbonyl (C=O) groups is 1. The Hall–Kier alpha value is -1.42. The number of methoxy groups -OCH3 is 1. The van der Waals surface area contributed by atoms with Gasteiger partial charge in [-0.2, -0.15) is 0 Å². The Morgan fingerprint density at radius 3 is 2.80 bits per heavy atom. The van der Waals surface area contributed by atoms with Crippen LogP contribution in [0.25, 0.3) is 0 Å². The van der Waals surface area contributed by atoms with Crippen LogP contribution in [0.1, 0.15) is 43.4 Å². The molecule has 1 aliphatic carbocycles. The molecule has 1 heterocycles. The summed E-state index contributed by atoms with van der Waals surface area (Å²) in [5.41, 5.74) is 1.89. The van der Waals surface area contributed by atoms with Crippen LogP contribution < -0.4 is 5.32 Å². The average molecular weight is 276 g/mol. The molecule has 0 saturated heterocycles. The molecule has 20 heavy (non-hydrogen) atoms. The van der Waals surface area contributed by atoms with E-state index in [9.17, 15) is 4.79 Å². The molecule has 0 aliphatic heterocycles. The third-order valence-corrected chi connectivity index (χ3v) is 4.32. The van der Waals surface area contributed by atoms with Gasteiger partial charge in [0.15, 0.2) is 0 Å². The van der Waals surface area contributed by atoms with Crippen molar-refractivity contribution in [1.82, 2.24) is 10.3 Å². The lowest BCUT2D eigenvalue weighted by Crippen LogP contribution is -2.43. The van der Waals surface area contributed by atoms with Crippen LogP contribution in [0.2, 0.25) is 0 Å². The van der Waals surface area contributed by atoms with Crippen molar-refractivity contribution in [3.63, 3.8) is 0 Å². The zero-order valence-electron chi connectivity index (χ0n) is 12.4. The number of aryl methyl sites for hydroxylation is 1. The maximum Gasteiger partial charge on any atom is 0.313 e. The summed E-state index contributed by atoms with van der Waals surface area (Å²) < 4.78 is 5.03. The summed E-state index contributed by atoms with van der Waals surface area (Å²) in [7, 11) is 1.49. The van der Waals surface area contributed by atoms with Gasteiger partial charge >= 0.3 is 5.97 Å². The molecule has 0 atom stereocenters. The molecule has 0 bridgehead atoms. The van der Waals surface area contributed by atoms with E-state index >= 15 is 0 Å². The summed E-state index contributed by atoms with van der Waals surface area (Å²) in [5.74, 6) is -0.0624. The van der Waals surface area contributed by atoms with Crippen LogP contribution in [-0.4, -0.2) is 24.6 Å². The van der Waals surface area contributed by atoms with E-state index in [0.29, 0.717) is 6.54 Å². The zero-order valence-corrected chi connectivity index (χ0v) is 12.4. The Kier molecular flexibility index (Phi) is 5.12. The molecule has 1 aromatic rings. The van der Waals surface area contributed by atoms with Gasteiger partial charge in [-0.1, -0.05) is 25.3 Å². The van der Waals surface area contributed by atoms with Crippen molar-refractivity contribution in [3.8, 4) is 0 Å². The second kappa shape index (κ2) is 6.84. The lowest BCUT2D eigenvalue weighted by Gasteiger charge is -2.34. The number of hydrogen-bond acceptors (Lipinski definition) is 4. The highest BCUT2D eigenvalue weighted by Crippen LogP contribution is 2.36. The molecule has 1 aromatic heterocycles. The molecule has 0 radical (unpaired) electrons. The van der Waals surface area contributed by atoms with Gasteiger partial charge in [0, 0.05) is 25.0 Å². The van der Waals surface area contributed by atoms with Gasteiger partial charge in [0.05, 0.1) is 12.5 Å². The molecule has 1 fully saturated rings. The topological polar surface area (TPSA) is 51.2 Å². The Morgan fingerprint density at radius 1 is 1.40 bits per heavy atom. The Bertz CT molecular complexity index is 454. The summed E-state index contributed by atoms with van der Waals surface area (Å²) in [5, 5.41) is 3.43. The van der Waals surface area contributed by atoms with E-state index in [-0.39, 0.29) is 11.4 Å². The minimum absolute atomic E-state index is 0.0624. The molecule has 2 rings (SSSR count). The number of carbonyl (C=O) groups excluding carboxylic acids is 1. The molecule has 1 N–H and O–H groups in total. The highest BCUT2D eigenvalue weighted by Gasteiger charge is 2.40. The van der Waals surface area contributed by atoms with E-state index in [4.69, 9.17) is 4.74 Å². The summed E-state index contributed by atoms with van der Waals surface area (Å²) in [6.45, 7) is 3.44. The van der Waals surface area contributed by atoms with E-state index < -0.39 is 0 Å². The fourth-order valence-electron chi connectivity index (χ4n) is 3.04. The van der Waals surface area contributed by atoms with Crippen LogP contribution in [0, 0.1) is 12.3 Å². The summed E-state index contributed by atoms with van der Waals surface area (Å²) in [6.07, 6.45) is 7.11. The van der Waals surface area contributed by atoms with Gasteiger partial charge in [0.2, 0.25) is 0 Å². The number of rotatable bonds is 5. The first-order chi connectivity index (χ1) is 9.68. The lowest BCUT2D eigenvalue weighted by molar-refractivity contribution is -0.154. The van der Waals surface area contributed by atoms with Crippen LogP contribution in [0.4, 0.5) is 0 Å². The van der Waals surface area contributed by atoms with Crippen LogP contribution in [0.15, 0.2) is 18.3 Å². The first kappa shape index (κ1) is 15.0. The number of nitrogens with one attached hydrogen (secondary N) is 1. The minimum atomic E-state index is -0.330. The van der Waals surface area contributed by atoms with Crippen molar-refractivity contribution in [1.29, 1.82) is 0 Å². The van der Waals surface area contributed by atoms with Crippen molar-refractivity contribution in [2.24, 2.45) is 5.41 Å². The van der Waals surface area contributed by atoms with Gasteiger partial charge in [-0.25, -0.2) is 0 Å². The predicted octanol–water partition coefficient (Wildman–Crippen LogP) is 2.60. The van der Waals surface area contributed by atoms with Crippen LogP contribution in [0.5, 0.6) is 0 Å². The second-order valence-corrected chi connectivity index (χ2v) is 5.68. The molecule has 4 heteroatoms. The monoisotopic (exact) mass is 276 g/mol. The van der Waals surface area contributed by atoms with Gasteiger partial charge in [0.25, 0.3) is 0 Å². The number of aromatic nitrogens is 1. The highest BCUT2D eigenvalue weighted by atomic mass is 16.5. The maximum absolute atomic E-state index is 12.1. The van der Waals surface area contributed by atoms with E-state index in [2.05, 4.69) is 16.4 Å². The van der Waals surface area contributed by atoms with E-state index in [0.717, 1.165) is 37.9 Å². The van der Waals surface area contributed by atoms with Crippen molar-refractivity contribution in [2.75, 3.05) is 13.7 Å². The molecule has 1 aliphatic rings. The molecular weight excluding hydrogens is 252 g/mol. The number of ether oxygens (including phenoxy) is 1. The molecule has 0 spiro atoms. The first-order valence-corrected chi connectivity index (χ1v) is 7.37. The highest BCUT2D eigenvalue weighted by molar-refractivity contribution is 5.77. The normalized spacial score (nSPS) is 17.7. The van der Waals surface area contributed by atoms with Crippen molar-refractivity contribution >= 4 is 5.97 Å². The largest absolute Gasteiger partial charge is 0.469 e. The van der Waals surface area contributed by atoms with Crippen LogP contribution in [-0.2, 0) is 16.1 Å². The standard InChI is InChI=1S/C16H24N2O2/c1-13-14(7-6-10-18-13)11-17-12-16(15(19)20-2)8-4-3-5-9-16/h6-7,10,17H,3-5,8-9,11-12H2,1-2H3. The van der Waals surface area contributed by atoms with Gasteiger partial charge in [-0.05, 0) is 31.4 Å². The van der Waals surface area contributed by atoms with Crippen molar-refractivity contribution < 1.29 is 9.53 Å². The summed E-state index contributed by atoms with van der Waals surface area (Å²) in [4.78, 5) is 16.4. The molecule has 110 valence electrons. The quantitative estimate of drug-likeness (QED) is 0.840. The van der Waals surface area contributed by atoms with Crippen molar-refractivity contribution in [2.45, 2.75) is 45.6 Å². The molecule has 4 nitrogen and oxygen atoms in total. The molecule has 0 amide bonds. The minimum Gasteiger partial charge on any atom is -0.469 e. The number of hydrogen-bond donors (Lipinski definition) is 1. The van der Waals surface area contributed by atoms with E-state index in [1.807, 2.05) is 13.0 Å². The fraction of sp³-hybridized carbons (Fsp3) is 0.625. The maximum atomic E-state index is 12.1. The predicted molar refractivity (Wildman–Crippen MR) is 78.2 cm³/mol. The Balaban J connectivity index is 1.96. The number of nitrogens with zero attached hydrogens (tertiary/aromatic N) is 1. The van der Waals surface area contributed by atoms with E-state index in [1.165, 1.54) is 19.1 Å². The van der Waals surface area contributed by atoms with Gasteiger partial charge < -0.3 is 10.1 Å². The van der Waals surface area contributed by atoms with Gasteiger partial charge in [-0.3, -0.25) is 9.78 Å². The third kappa shape index (κ3) is 3.37. The smallest absolute Gasteiger partial charge is 0.313 e. The number of esters is 1. The summed E-state index contributed by atoms with van der Waals surface area (Å²) >= 11 is 0. The Morgan fingerprint density at radius 2 is 2.15 bits per heavy atom. The Labute approximate surface area is 120 Å².